The molecule has 0 radical (unpaired) electrons. The number of nitrogens with zero attached hydrogens (tertiary/aromatic N) is 3. The summed E-state index contributed by atoms with van der Waals surface area (Å²) in [6.07, 6.45) is 3.63. The molecule has 6 heteroatoms. The van der Waals surface area contributed by atoms with E-state index in [-0.39, 0.29) is 0 Å². The molecular formula is C23H24N4O2. The molecule has 1 aliphatic rings. The third kappa shape index (κ3) is 3.90. The maximum absolute atomic E-state index is 9.60. The summed E-state index contributed by atoms with van der Waals surface area (Å²) in [5, 5.41) is 14.2. The molecule has 4 rings (SSSR count). The summed E-state index contributed by atoms with van der Waals surface area (Å²) in [5.74, 6) is 1.54. The van der Waals surface area contributed by atoms with Gasteiger partial charge in [0.05, 0.1) is 31.0 Å². The summed E-state index contributed by atoms with van der Waals surface area (Å²) in [5.41, 5.74) is 3.55. The molecule has 6 nitrogen and oxygen atoms in total. The standard InChI is InChI=1S/C23H24N4O2/c1-28-19-11-18(12-20(13-19)29-2)26-17-7-9-27(10-8-17)23-16(14-24)15-25-22-6-4-3-5-21(22)23/h3-6,11-13,15,17,26H,7-10H2,1-2H3. The third-order valence-corrected chi connectivity index (χ3v) is 5.40. The zero-order valence-corrected chi connectivity index (χ0v) is 16.7. The first kappa shape index (κ1) is 18.9. The minimum Gasteiger partial charge on any atom is -0.497 e. The lowest BCUT2D eigenvalue weighted by Crippen LogP contribution is -2.39. The molecule has 3 aromatic rings. The monoisotopic (exact) mass is 388 g/mol. The summed E-state index contributed by atoms with van der Waals surface area (Å²) < 4.78 is 10.7. The van der Waals surface area contributed by atoms with Gasteiger partial charge in [-0.25, -0.2) is 0 Å². The van der Waals surface area contributed by atoms with Gasteiger partial charge in [0.25, 0.3) is 0 Å². The molecule has 0 saturated carbocycles. The maximum Gasteiger partial charge on any atom is 0.124 e. The molecule has 0 aliphatic carbocycles. The number of rotatable bonds is 5. The predicted molar refractivity (Wildman–Crippen MR) is 115 cm³/mol. The summed E-state index contributed by atoms with van der Waals surface area (Å²) in [4.78, 5) is 6.74. The van der Waals surface area contributed by atoms with Crippen LogP contribution in [-0.4, -0.2) is 38.3 Å². The van der Waals surface area contributed by atoms with Gasteiger partial charge in [-0.1, -0.05) is 18.2 Å². The topological polar surface area (TPSA) is 70.4 Å². The zero-order chi connectivity index (χ0) is 20.2. The number of hydrogen-bond acceptors (Lipinski definition) is 6. The van der Waals surface area contributed by atoms with Crippen molar-refractivity contribution in [2.45, 2.75) is 18.9 Å². The second-order valence-electron chi connectivity index (χ2n) is 7.16. The van der Waals surface area contributed by atoms with Crippen LogP contribution in [0.2, 0.25) is 0 Å². The molecule has 148 valence electrons. The number of methoxy groups -OCH3 is 2. The predicted octanol–water partition coefficient (Wildman–Crippen LogP) is 4.20. The molecule has 1 N–H and O–H groups in total. The highest BCUT2D eigenvalue weighted by molar-refractivity contribution is 5.94. The Morgan fingerprint density at radius 2 is 1.76 bits per heavy atom. The molecule has 0 bridgehead atoms. The molecule has 0 amide bonds. The van der Waals surface area contributed by atoms with Crippen LogP contribution in [0.3, 0.4) is 0 Å². The number of nitrogens with one attached hydrogen (secondary N) is 1. The van der Waals surface area contributed by atoms with Crippen LogP contribution >= 0.6 is 0 Å². The Balaban J connectivity index is 1.51. The fourth-order valence-electron chi connectivity index (χ4n) is 3.92. The van der Waals surface area contributed by atoms with Gasteiger partial charge in [0.2, 0.25) is 0 Å². The van der Waals surface area contributed by atoms with Crippen molar-refractivity contribution in [1.29, 1.82) is 5.26 Å². The smallest absolute Gasteiger partial charge is 0.124 e. The minimum atomic E-state index is 0.349. The summed E-state index contributed by atoms with van der Waals surface area (Å²) in [6, 6.07) is 16.5. The van der Waals surface area contributed by atoms with Gasteiger partial charge in [-0.05, 0) is 18.9 Å². The van der Waals surface area contributed by atoms with Gasteiger partial charge in [0.1, 0.15) is 17.6 Å². The van der Waals surface area contributed by atoms with E-state index in [9.17, 15) is 5.26 Å². The zero-order valence-electron chi connectivity index (χ0n) is 16.7. The molecule has 0 unspecified atom stereocenters. The van der Waals surface area contributed by atoms with Crippen LogP contribution in [0.4, 0.5) is 11.4 Å². The molecule has 1 saturated heterocycles. The van der Waals surface area contributed by atoms with Crippen molar-refractivity contribution < 1.29 is 9.47 Å². The van der Waals surface area contributed by atoms with E-state index in [0.717, 1.165) is 59.7 Å². The molecule has 1 aromatic heterocycles. The first-order valence-electron chi connectivity index (χ1n) is 9.74. The number of aromatic nitrogens is 1. The molecule has 2 aromatic carbocycles. The number of fused-ring (bicyclic) bond motifs is 1. The molecule has 0 spiro atoms. The van der Waals surface area contributed by atoms with Crippen molar-refractivity contribution >= 4 is 22.3 Å². The van der Waals surface area contributed by atoms with E-state index in [1.165, 1.54) is 0 Å². The summed E-state index contributed by atoms with van der Waals surface area (Å²) in [7, 11) is 3.31. The highest BCUT2D eigenvalue weighted by atomic mass is 16.5. The van der Waals surface area contributed by atoms with Gasteiger partial charge in [-0.2, -0.15) is 5.26 Å². The molecular weight excluding hydrogens is 364 g/mol. The maximum atomic E-state index is 9.60. The Bertz CT molecular complexity index is 1030. The lowest BCUT2D eigenvalue weighted by Gasteiger charge is -2.35. The van der Waals surface area contributed by atoms with Gasteiger partial charge in [-0.3, -0.25) is 4.98 Å². The second-order valence-corrected chi connectivity index (χ2v) is 7.16. The van der Waals surface area contributed by atoms with Crippen LogP contribution < -0.4 is 19.7 Å². The number of nitriles is 1. The van der Waals surface area contributed by atoms with Crippen molar-refractivity contribution in [3.05, 3.63) is 54.2 Å². The van der Waals surface area contributed by atoms with Crippen molar-refractivity contribution in [2.24, 2.45) is 0 Å². The lowest BCUT2D eigenvalue weighted by molar-refractivity contribution is 0.394. The number of ether oxygens (including phenoxy) is 2. The van der Waals surface area contributed by atoms with Crippen LogP contribution in [-0.2, 0) is 0 Å². The molecule has 0 atom stereocenters. The van der Waals surface area contributed by atoms with E-state index >= 15 is 0 Å². The average Bonchev–Trinajstić information content (AvgIpc) is 2.78. The van der Waals surface area contributed by atoms with Crippen LogP contribution in [0.25, 0.3) is 10.9 Å². The van der Waals surface area contributed by atoms with Gasteiger partial charge >= 0.3 is 0 Å². The van der Waals surface area contributed by atoms with Crippen LogP contribution in [0.1, 0.15) is 18.4 Å². The van der Waals surface area contributed by atoms with E-state index < -0.39 is 0 Å². The number of benzene rings is 2. The number of pyridine rings is 1. The molecule has 29 heavy (non-hydrogen) atoms. The Kier molecular flexibility index (Phi) is 5.39. The second kappa shape index (κ2) is 8.27. The SMILES string of the molecule is COc1cc(NC2CCN(c3c(C#N)cnc4ccccc34)CC2)cc(OC)c1. The Morgan fingerprint density at radius 1 is 1.07 bits per heavy atom. The fourth-order valence-corrected chi connectivity index (χ4v) is 3.92. The molecule has 1 fully saturated rings. The Morgan fingerprint density at radius 3 is 2.41 bits per heavy atom. The van der Waals surface area contributed by atoms with E-state index in [1.807, 2.05) is 42.5 Å². The van der Waals surface area contributed by atoms with E-state index in [2.05, 4.69) is 21.3 Å². The number of hydrogen-bond donors (Lipinski definition) is 1. The van der Waals surface area contributed by atoms with Crippen molar-refractivity contribution in [2.75, 3.05) is 37.5 Å². The fraction of sp³-hybridized carbons (Fsp3) is 0.304. The van der Waals surface area contributed by atoms with Crippen molar-refractivity contribution in [3.8, 4) is 17.6 Å². The summed E-state index contributed by atoms with van der Waals surface area (Å²) in [6.45, 7) is 1.75. The van der Waals surface area contributed by atoms with Crippen molar-refractivity contribution in [1.82, 2.24) is 4.98 Å². The van der Waals surface area contributed by atoms with Gasteiger partial charge < -0.3 is 19.7 Å². The quantitative estimate of drug-likeness (QED) is 0.706. The highest BCUT2D eigenvalue weighted by Gasteiger charge is 2.23. The first-order chi connectivity index (χ1) is 14.2. The van der Waals surface area contributed by atoms with Crippen molar-refractivity contribution in [3.63, 3.8) is 0 Å². The Labute approximate surface area is 170 Å². The van der Waals surface area contributed by atoms with E-state index in [4.69, 9.17) is 9.47 Å². The minimum absolute atomic E-state index is 0.349. The van der Waals surface area contributed by atoms with Crippen LogP contribution in [0.5, 0.6) is 11.5 Å². The van der Waals surface area contributed by atoms with E-state index in [1.54, 1.807) is 20.4 Å². The number of piperidine rings is 1. The lowest BCUT2D eigenvalue weighted by atomic mass is 10.0. The van der Waals surface area contributed by atoms with Crippen LogP contribution in [0, 0.1) is 11.3 Å². The Hall–Kier alpha value is -3.46. The molecule has 2 heterocycles. The first-order valence-corrected chi connectivity index (χ1v) is 9.74. The van der Waals surface area contributed by atoms with Gasteiger partial charge in [0, 0.05) is 54.6 Å². The number of para-hydroxylation sites is 1. The highest BCUT2D eigenvalue weighted by Crippen LogP contribution is 2.32. The van der Waals surface area contributed by atoms with Gasteiger partial charge in [-0.15, -0.1) is 0 Å². The molecule has 1 aliphatic heterocycles. The third-order valence-electron chi connectivity index (χ3n) is 5.40. The largest absolute Gasteiger partial charge is 0.497 e. The number of anilines is 2. The van der Waals surface area contributed by atoms with E-state index in [0.29, 0.717) is 11.6 Å². The normalized spacial score (nSPS) is 14.4. The van der Waals surface area contributed by atoms with Gasteiger partial charge in [0.15, 0.2) is 0 Å². The van der Waals surface area contributed by atoms with Crippen LogP contribution in [0.15, 0.2) is 48.7 Å². The summed E-state index contributed by atoms with van der Waals surface area (Å²) >= 11 is 0. The average molecular weight is 388 g/mol.